The number of hydrogen-bond donors (Lipinski definition) is 0. The second-order valence-corrected chi connectivity index (χ2v) is 7.39. The van der Waals surface area contributed by atoms with Gasteiger partial charge in [0.1, 0.15) is 17.3 Å². The number of ether oxygens (including phenoxy) is 1. The maximum Gasteiger partial charge on any atom is 0.235 e. The summed E-state index contributed by atoms with van der Waals surface area (Å²) in [6.45, 7) is 0.358. The highest BCUT2D eigenvalue weighted by Gasteiger charge is 2.16. The fourth-order valence-corrected chi connectivity index (χ4v) is 3.80. The number of halogens is 2. The number of nitrogens with zero attached hydrogens (tertiary/aromatic N) is 1. The van der Waals surface area contributed by atoms with Gasteiger partial charge in [-0.3, -0.25) is 9.00 Å². The van der Waals surface area contributed by atoms with Gasteiger partial charge in [0, 0.05) is 35.0 Å². The Bertz CT molecular complexity index is 785. The maximum atomic E-state index is 13.0. The largest absolute Gasteiger partial charge is 0.496 e. The zero-order chi connectivity index (χ0) is 18.4. The van der Waals surface area contributed by atoms with Gasteiger partial charge in [0.2, 0.25) is 5.91 Å². The van der Waals surface area contributed by atoms with Crippen molar-refractivity contribution in [3.05, 3.63) is 64.4 Å². The summed E-state index contributed by atoms with van der Waals surface area (Å²) < 4.78 is 30.5. The topological polar surface area (TPSA) is 46.6 Å². The Hall–Kier alpha value is -1.92. The lowest BCUT2D eigenvalue weighted by atomic mass is 10.2. The summed E-state index contributed by atoms with van der Waals surface area (Å²) in [5.41, 5.74) is 1.43. The Morgan fingerprint density at radius 1 is 1.24 bits per heavy atom. The van der Waals surface area contributed by atoms with E-state index in [2.05, 4.69) is 0 Å². The number of rotatable bonds is 7. The van der Waals surface area contributed by atoms with E-state index in [9.17, 15) is 13.4 Å². The predicted molar refractivity (Wildman–Crippen MR) is 97.6 cm³/mol. The minimum absolute atomic E-state index is 0.105. The number of para-hydroxylation sites is 1. The van der Waals surface area contributed by atoms with Crippen LogP contribution in [-0.4, -0.2) is 34.9 Å². The van der Waals surface area contributed by atoms with Crippen molar-refractivity contribution in [3.8, 4) is 5.75 Å². The standard InChI is InChI=1S/C18H19ClFNO3S/c1-21(10-13-5-3-4-6-17(13)24-2)18(22)12-25(23)11-14-7-8-15(20)9-16(14)19/h3-9H,10-12H2,1-2H3. The van der Waals surface area contributed by atoms with Gasteiger partial charge in [-0.25, -0.2) is 4.39 Å². The second kappa shape index (κ2) is 8.97. The number of carbonyl (C=O) groups is 1. The van der Waals surface area contributed by atoms with Gasteiger partial charge in [-0.2, -0.15) is 0 Å². The molecule has 0 fully saturated rings. The van der Waals surface area contributed by atoms with E-state index in [1.807, 2.05) is 24.3 Å². The monoisotopic (exact) mass is 383 g/mol. The van der Waals surface area contributed by atoms with Gasteiger partial charge in [-0.05, 0) is 23.8 Å². The normalized spacial score (nSPS) is 11.8. The molecule has 134 valence electrons. The van der Waals surface area contributed by atoms with Crippen LogP contribution in [0.15, 0.2) is 42.5 Å². The molecule has 0 radical (unpaired) electrons. The molecule has 0 saturated carbocycles. The molecule has 0 spiro atoms. The molecule has 4 nitrogen and oxygen atoms in total. The Balaban J connectivity index is 1.95. The fraction of sp³-hybridized carbons (Fsp3) is 0.278. The zero-order valence-electron chi connectivity index (χ0n) is 14.0. The molecule has 1 unspecified atom stereocenters. The molecule has 0 saturated heterocycles. The van der Waals surface area contributed by atoms with Crippen LogP contribution in [-0.2, 0) is 27.9 Å². The van der Waals surface area contributed by atoms with Crippen molar-refractivity contribution in [1.82, 2.24) is 4.90 Å². The molecule has 0 aliphatic rings. The summed E-state index contributed by atoms with van der Waals surface area (Å²) in [4.78, 5) is 13.8. The summed E-state index contributed by atoms with van der Waals surface area (Å²) in [5.74, 6) is -0.0248. The highest BCUT2D eigenvalue weighted by atomic mass is 35.5. The van der Waals surface area contributed by atoms with Crippen molar-refractivity contribution in [1.29, 1.82) is 0 Å². The lowest BCUT2D eigenvalue weighted by molar-refractivity contribution is -0.127. The Kier molecular flexibility index (Phi) is 6.96. The summed E-state index contributed by atoms with van der Waals surface area (Å²) in [7, 11) is 1.79. The van der Waals surface area contributed by atoms with Crippen LogP contribution in [0.4, 0.5) is 4.39 Å². The molecule has 25 heavy (non-hydrogen) atoms. The molecule has 1 atom stereocenters. The third-order valence-electron chi connectivity index (χ3n) is 3.64. The van der Waals surface area contributed by atoms with Crippen molar-refractivity contribution >= 4 is 28.3 Å². The van der Waals surface area contributed by atoms with Crippen molar-refractivity contribution in [2.45, 2.75) is 12.3 Å². The third kappa shape index (κ3) is 5.54. The van der Waals surface area contributed by atoms with Crippen LogP contribution in [0.25, 0.3) is 0 Å². The lowest BCUT2D eigenvalue weighted by Gasteiger charge is -2.18. The summed E-state index contributed by atoms with van der Waals surface area (Å²) in [5, 5.41) is 0.211. The van der Waals surface area contributed by atoms with Crippen LogP contribution in [0.1, 0.15) is 11.1 Å². The van der Waals surface area contributed by atoms with Crippen LogP contribution >= 0.6 is 11.6 Å². The molecule has 0 aliphatic heterocycles. The molecular weight excluding hydrogens is 365 g/mol. The summed E-state index contributed by atoms with van der Waals surface area (Å²) in [6, 6.07) is 11.3. The van der Waals surface area contributed by atoms with Crippen LogP contribution < -0.4 is 4.74 Å². The smallest absolute Gasteiger partial charge is 0.235 e. The molecular formula is C18H19ClFNO3S. The highest BCUT2D eigenvalue weighted by molar-refractivity contribution is 7.84. The Morgan fingerprint density at radius 2 is 1.96 bits per heavy atom. The van der Waals surface area contributed by atoms with E-state index >= 15 is 0 Å². The lowest BCUT2D eigenvalue weighted by Crippen LogP contribution is -2.30. The van der Waals surface area contributed by atoms with Gasteiger partial charge >= 0.3 is 0 Å². The molecule has 0 aromatic heterocycles. The van der Waals surface area contributed by atoms with E-state index in [4.69, 9.17) is 16.3 Å². The van der Waals surface area contributed by atoms with E-state index in [1.165, 1.54) is 23.1 Å². The van der Waals surface area contributed by atoms with Gasteiger partial charge in [0.15, 0.2) is 0 Å². The van der Waals surface area contributed by atoms with Crippen LogP contribution in [0, 0.1) is 5.82 Å². The van der Waals surface area contributed by atoms with Crippen molar-refractivity contribution in [3.63, 3.8) is 0 Å². The van der Waals surface area contributed by atoms with Gasteiger partial charge in [0.05, 0.1) is 12.9 Å². The van der Waals surface area contributed by atoms with E-state index in [0.29, 0.717) is 17.9 Å². The molecule has 1 amide bonds. The fourth-order valence-electron chi connectivity index (χ4n) is 2.29. The molecule has 2 aromatic rings. The third-order valence-corrected chi connectivity index (χ3v) is 5.20. The van der Waals surface area contributed by atoms with Crippen molar-refractivity contribution in [2.75, 3.05) is 19.9 Å². The van der Waals surface area contributed by atoms with E-state index in [0.717, 1.165) is 5.56 Å². The number of methoxy groups -OCH3 is 1. The molecule has 2 rings (SSSR count). The van der Waals surface area contributed by atoms with E-state index in [-0.39, 0.29) is 22.4 Å². The molecule has 7 heteroatoms. The van der Waals surface area contributed by atoms with Crippen molar-refractivity contribution in [2.24, 2.45) is 0 Å². The minimum Gasteiger partial charge on any atom is -0.496 e. The zero-order valence-corrected chi connectivity index (χ0v) is 15.6. The molecule has 0 bridgehead atoms. The minimum atomic E-state index is -1.43. The predicted octanol–water partition coefficient (Wildman–Crippen LogP) is 3.40. The Morgan fingerprint density at radius 3 is 2.64 bits per heavy atom. The Labute approximate surface area is 154 Å². The molecule has 0 N–H and O–H groups in total. The van der Waals surface area contributed by atoms with Gasteiger partial charge in [-0.1, -0.05) is 35.9 Å². The first-order valence-corrected chi connectivity index (χ1v) is 9.42. The number of benzene rings is 2. The summed E-state index contributed by atoms with van der Waals surface area (Å²) in [6.07, 6.45) is 0. The van der Waals surface area contributed by atoms with Gasteiger partial charge in [0.25, 0.3) is 0 Å². The van der Waals surface area contributed by atoms with Crippen LogP contribution in [0.2, 0.25) is 5.02 Å². The average Bonchev–Trinajstić information content (AvgIpc) is 2.57. The first-order chi connectivity index (χ1) is 11.9. The number of carbonyl (C=O) groups excluding carboxylic acids is 1. The molecule has 2 aromatic carbocycles. The second-order valence-electron chi connectivity index (χ2n) is 5.53. The van der Waals surface area contributed by atoms with Crippen LogP contribution in [0.5, 0.6) is 5.75 Å². The van der Waals surface area contributed by atoms with Crippen molar-refractivity contribution < 1.29 is 18.1 Å². The van der Waals surface area contributed by atoms with E-state index in [1.54, 1.807) is 14.2 Å². The average molecular weight is 384 g/mol. The van der Waals surface area contributed by atoms with Gasteiger partial charge in [-0.15, -0.1) is 0 Å². The molecule has 0 heterocycles. The SMILES string of the molecule is COc1ccccc1CN(C)C(=O)CS(=O)Cc1ccc(F)cc1Cl. The summed E-state index contributed by atoms with van der Waals surface area (Å²) >= 11 is 5.93. The number of amides is 1. The van der Waals surface area contributed by atoms with Crippen LogP contribution in [0.3, 0.4) is 0 Å². The molecule has 0 aliphatic carbocycles. The quantitative estimate of drug-likeness (QED) is 0.736. The van der Waals surface area contributed by atoms with Gasteiger partial charge < -0.3 is 9.64 Å². The first kappa shape index (κ1) is 19.4. The first-order valence-electron chi connectivity index (χ1n) is 7.55. The maximum absolute atomic E-state index is 13.0. The number of hydrogen-bond acceptors (Lipinski definition) is 3. The highest BCUT2D eigenvalue weighted by Crippen LogP contribution is 2.20. The van der Waals surface area contributed by atoms with E-state index < -0.39 is 16.6 Å².